The van der Waals surface area contributed by atoms with Crippen molar-refractivity contribution in [1.29, 1.82) is 0 Å². The van der Waals surface area contributed by atoms with E-state index < -0.39 is 0 Å². The van der Waals surface area contributed by atoms with E-state index >= 15 is 0 Å². The van der Waals surface area contributed by atoms with Gasteiger partial charge in [0.2, 0.25) is 5.91 Å². The topological polar surface area (TPSA) is 64.4 Å². The average molecular weight is 371 g/mol. The number of ether oxygens (including phenoxy) is 1. The number of para-hydroxylation sites is 1. The largest absolute Gasteiger partial charge is 0.489 e. The van der Waals surface area contributed by atoms with E-state index in [2.05, 4.69) is 10.5 Å². The molecule has 3 aromatic rings. The molecule has 0 aliphatic heterocycles. The van der Waals surface area contributed by atoms with Gasteiger partial charge in [0.15, 0.2) is 0 Å². The molecule has 1 heterocycles. The summed E-state index contributed by atoms with van der Waals surface area (Å²) < 4.78 is 10.9. The van der Waals surface area contributed by atoms with E-state index in [1.165, 1.54) is 0 Å². The summed E-state index contributed by atoms with van der Waals surface area (Å²) in [4.78, 5) is 12.2. The number of aromatic nitrogens is 1. The second-order valence-corrected chi connectivity index (χ2v) is 6.35. The Morgan fingerprint density at radius 3 is 2.54 bits per heavy atom. The first-order valence-corrected chi connectivity index (χ1v) is 8.58. The van der Waals surface area contributed by atoms with E-state index in [9.17, 15) is 4.79 Å². The van der Waals surface area contributed by atoms with Crippen molar-refractivity contribution in [3.63, 3.8) is 0 Å². The molecule has 0 saturated carbocycles. The molecule has 5 nitrogen and oxygen atoms in total. The smallest absolute Gasteiger partial charge is 0.228 e. The highest BCUT2D eigenvalue weighted by Crippen LogP contribution is 2.21. The molecule has 6 heteroatoms. The average Bonchev–Trinajstić information content (AvgIpc) is 2.94. The molecule has 0 aliphatic carbocycles. The lowest BCUT2D eigenvalue weighted by Gasteiger charge is -2.08. The van der Waals surface area contributed by atoms with Crippen LogP contribution in [0.4, 0.5) is 5.69 Å². The number of benzene rings is 2. The molecule has 3 rings (SSSR count). The van der Waals surface area contributed by atoms with Crippen LogP contribution in [0.15, 0.2) is 53.1 Å². The van der Waals surface area contributed by atoms with Crippen LogP contribution in [-0.4, -0.2) is 11.1 Å². The van der Waals surface area contributed by atoms with Gasteiger partial charge in [-0.3, -0.25) is 4.79 Å². The number of amides is 1. The maximum Gasteiger partial charge on any atom is 0.228 e. The molecule has 2 aromatic carbocycles. The van der Waals surface area contributed by atoms with Gasteiger partial charge in [0.25, 0.3) is 0 Å². The molecule has 0 spiro atoms. The molecular formula is C20H19ClN2O3. The minimum absolute atomic E-state index is 0.123. The first-order chi connectivity index (χ1) is 12.5. The summed E-state index contributed by atoms with van der Waals surface area (Å²) in [5.41, 5.74) is 3.28. The number of nitrogens with zero attached hydrogens (tertiary/aromatic N) is 1. The van der Waals surface area contributed by atoms with Gasteiger partial charge in [0.1, 0.15) is 18.1 Å². The lowest BCUT2D eigenvalue weighted by Crippen LogP contribution is -2.14. The first-order valence-electron chi connectivity index (χ1n) is 8.21. The van der Waals surface area contributed by atoms with Crippen molar-refractivity contribution in [2.45, 2.75) is 26.9 Å². The van der Waals surface area contributed by atoms with Crippen LogP contribution in [0.3, 0.4) is 0 Å². The summed E-state index contributed by atoms with van der Waals surface area (Å²) >= 11 is 6.05. The summed E-state index contributed by atoms with van der Waals surface area (Å²) in [7, 11) is 0. The zero-order chi connectivity index (χ0) is 18.5. The number of aryl methyl sites for hydroxylation is 2. The minimum Gasteiger partial charge on any atom is -0.489 e. The summed E-state index contributed by atoms with van der Waals surface area (Å²) in [6.45, 7) is 4.14. The number of rotatable bonds is 6. The monoisotopic (exact) mass is 370 g/mol. The lowest BCUT2D eigenvalue weighted by molar-refractivity contribution is -0.115. The van der Waals surface area contributed by atoms with Crippen molar-refractivity contribution in [3.05, 3.63) is 76.1 Å². The van der Waals surface area contributed by atoms with E-state index in [0.29, 0.717) is 17.3 Å². The van der Waals surface area contributed by atoms with Crippen LogP contribution >= 0.6 is 11.6 Å². The fourth-order valence-corrected chi connectivity index (χ4v) is 2.69. The molecule has 0 saturated heterocycles. The van der Waals surface area contributed by atoms with E-state index in [0.717, 1.165) is 28.3 Å². The van der Waals surface area contributed by atoms with Crippen LogP contribution in [0, 0.1) is 13.8 Å². The standard InChI is InChI=1S/C20H19ClN2O3/c1-13-17(14(2)26-23-13)12-25-16-9-7-15(8-10-16)11-20(24)22-19-6-4-3-5-18(19)21/h3-10H,11-12H2,1-2H3,(H,22,24). The Morgan fingerprint density at radius 1 is 1.15 bits per heavy atom. The Bertz CT molecular complexity index is 884. The summed E-state index contributed by atoms with van der Waals surface area (Å²) in [6, 6.07) is 14.6. The highest BCUT2D eigenvalue weighted by Gasteiger charge is 2.10. The molecule has 0 unspecified atom stereocenters. The number of carbonyl (C=O) groups is 1. The maximum absolute atomic E-state index is 12.2. The molecule has 26 heavy (non-hydrogen) atoms. The van der Waals surface area contributed by atoms with Crippen molar-refractivity contribution >= 4 is 23.2 Å². The third-order valence-corrected chi connectivity index (χ3v) is 4.33. The van der Waals surface area contributed by atoms with Gasteiger partial charge in [-0.05, 0) is 43.7 Å². The van der Waals surface area contributed by atoms with Gasteiger partial charge in [-0.25, -0.2) is 0 Å². The normalized spacial score (nSPS) is 10.6. The molecule has 1 aromatic heterocycles. The Morgan fingerprint density at radius 2 is 1.88 bits per heavy atom. The van der Waals surface area contributed by atoms with E-state index in [4.69, 9.17) is 20.9 Å². The number of nitrogens with one attached hydrogen (secondary N) is 1. The van der Waals surface area contributed by atoms with Crippen molar-refractivity contribution in [1.82, 2.24) is 5.16 Å². The van der Waals surface area contributed by atoms with Crippen LogP contribution in [0.1, 0.15) is 22.6 Å². The van der Waals surface area contributed by atoms with Crippen molar-refractivity contribution in [2.75, 3.05) is 5.32 Å². The highest BCUT2D eigenvalue weighted by atomic mass is 35.5. The van der Waals surface area contributed by atoms with E-state index in [1.54, 1.807) is 12.1 Å². The van der Waals surface area contributed by atoms with Gasteiger partial charge in [-0.1, -0.05) is 41.0 Å². The molecule has 1 N–H and O–H groups in total. The molecule has 0 atom stereocenters. The summed E-state index contributed by atoms with van der Waals surface area (Å²) in [5, 5.41) is 7.23. The van der Waals surface area contributed by atoms with Crippen molar-refractivity contribution < 1.29 is 14.1 Å². The molecule has 0 bridgehead atoms. The molecule has 0 radical (unpaired) electrons. The first kappa shape index (κ1) is 18.0. The quantitative estimate of drug-likeness (QED) is 0.682. The minimum atomic E-state index is -0.123. The molecule has 1 amide bonds. The van der Waals surface area contributed by atoms with Crippen LogP contribution in [0.5, 0.6) is 5.75 Å². The molecule has 0 aliphatic rings. The second-order valence-electron chi connectivity index (χ2n) is 5.94. The Kier molecular flexibility index (Phi) is 5.58. The SMILES string of the molecule is Cc1noc(C)c1COc1ccc(CC(=O)Nc2ccccc2Cl)cc1. The zero-order valence-corrected chi connectivity index (χ0v) is 15.3. The number of hydrogen-bond acceptors (Lipinski definition) is 4. The van der Waals surface area contributed by atoms with Crippen LogP contribution < -0.4 is 10.1 Å². The Hall–Kier alpha value is -2.79. The van der Waals surface area contributed by atoms with Crippen LogP contribution in [-0.2, 0) is 17.8 Å². The summed E-state index contributed by atoms with van der Waals surface area (Å²) in [5.74, 6) is 1.36. The number of carbonyl (C=O) groups excluding carboxylic acids is 1. The van der Waals surface area contributed by atoms with Crippen LogP contribution in [0.2, 0.25) is 5.02 Å². The Labute approximate surface area is 156 Å². The molecule has 0 fully saturated rings. The summed E-state index contributed by atoms with van der Waals surface area (Å²) in [6.07, 6.45) is 0.259. The zero-order valence-electron chi connectivity index (χ0n) is 14.6. The van der Waals surface area contributed by atoms with E-state index in [1.807, 2.05) is 50.2 Å². The number of hydrogen-bond donors (Lipinski definition) is 1. The van der Waals surface area contributed by atoms with Gasteiger partial charge < -0.3 is 14.6 Å². The maximum atomic E-state index is 12.2. The van der Waals surface area contributed by atoms with Crippen LogP contribution in [0.25, 0.3) is 0 Å². The van der Waals surface area contributed by atoms with Crippen molar-refractivity contribution in [2.24, 2.45) is 0 Å². The van der Waals surface area contributed by atoms with E-state index in [-0.39, 0.29) is 12.3 Å². The van der Waals surface area contributed by atoms with Gasteiger partial charge in [-0.2, -0.15) is 0 Å². The third kappa shape index (κ3) is 4.43. The van der Waals surface area contributed by atoms with Gasteiger partial charge in [0, 0.05) is 0 Å². The third-order valence-electron chi connectivity index (χ3n) is 4.00. The highest BCUT2D eigenvalue weighted by molar-refractivity contribution is 6.33. The van der Waals surface area contributed by atoms with Crippen molar-refractivity contribution in [3.8, 4) is 5.75 Å². The predicted molar refractivity (Wildman–Crippen MR) is 101 cm³/mol. The Balaban J connectivity index is 1.56. The fourth-order valence-electron chi connectivity index (χ4n) is 2.51. The lowest BCUT2D eigenvalue weighted by atomic mass is 10.1. The number of anilines is 1. The number of halogens is 1. The van der Waals surface area contributed by atoms with Gasteiger partial charge >= 0.3 is 0 Å². The fraction of sp³-hybridized carbons (Fsp3) is 0.200. The molecule has 134 valence electrons. The van der Waals surface area contributed by atoms with Gasteiger partial charge in [-0.15, -0.1) is 0 Å². The van der Waals surface area contributed by atoms with Gasteiger partial charge in [0.05, 0.1) is 28.4 Å². The predicted octanol–water partition coefficient (Wildman–Crippen LogP) is 4.71. The molecular weight excluding hydrogens is 352 g/mol. The second kappa shape index (κ2) is 8.06.